The van der Waals surface area contributed by atoms with Gasteiger partial charge >= 0.3 is 5.97 Å². The van der Waals surface area contributed by atoms with Gasteiger partial charge in [0.15, 0.2) is 0 Å². The van der Waals surface area contributed by atoms with Crippen molar-refractivity contribution in [2.24, 2.45) is 0 Å². The number of hydrogen-bond donors (Lipinski definition) is 0. The molecule has 0 amide bonds. The Morgan fingerprint density at radius 2 is 1.82 bits per heavy atom. The third-order valence-electron chi connectivity index (χ3n) is 2.52. The average molecular weight is 251 g/mol. The molecule has 0 saturated carbocycles. The Bertz CT molecular complexity index is 293. The quantitative estimate of drug-likeness (QED) is 0.619. The van der Waals surface area contributed by atoms with Crippen LogP contribution >= 0.6 is 0 Å². The van der Waals surface area contributed by atoms with Gasteiger partial charge in [-0.15, -0.1) is 0 Å². The molecule has 0 aromatic carbocycles. The van der Waals surface area contributed by atoms with E-state index < -0.39 is 30.4 Å². The van der Waals surface area contributed by atoms with Crippen molar-refractivity contribution in [1.29, 1.82) is 0 Å². The van der Waals surface area contributed by atoms with Crippen molar-refractivity contribution in [3.8, 4) is 0 Å². The fraction of sp³-hybridized carbons (Fsp3) is 0.909. The molecule has 1 heterocycles. The van der Waals surface area contributed by atoms with Gasteiger partial charge in [0.05, 0.1) is 10.7 Å². The van der Waals surface area contributed by atoms with Crippen LogP contribution in [0.1, 0.15) is 11.0 Å². The first kappa shape index (κ1) is 10.3. The van der Waals surface area contributed by atoms with E-state index in [0.717, 1.165) is 0 Å². The highest BCUT2D eigenvalue weighted by molar-refractivity contribution is 5.65. The van der Waals surface area contributed by atoms with E-state index in [-0.39, 0.29) is 34.5 Å². The van der Waals surface area contributed by atoms with Gasteiger partial charge in [-0.05, 0) is 0 Å². The molecule has 0 N–H and O–H groups in total. The van der Waals surface area contributed by atoms with Gasteiger partial charge in [-0.25, -0.2) is 0 Å². The Hall–Kier alpha value is -0.690. The van der Waals surface area contributed by atoms with Gasteiger partial charge in [0, 0.05) is 28.2 Å². The molecule has 1 rings (SSSR count). The summed E-state index contributed by atoms with van der Waals surface area (Å²) in [5, 5.41) is 0. The van der Waals surface area contributed by atoms with E-state index in [4.69, 9.17) is 27.8 Å². The van der Waals surface area contributed by atoms with E-state index in [1.165, 1.54) is 6.92 Å². The maximum atomic E-state index is 10.9. The maximum Gasteiger partial charge on any atom is 0.302 e. The molecular formula is C11H20O6. The third kappa shape index (κ3) is 3.64. The molecule has 4 atom stereocenters. The molecule has 0 aliphatic carbocycles. The highest BCUT2D eigenvalue weighted by Crippen LogP contribution is 2.26. The first-order chi connectivity index (χ1) is 9.63. The first-order valence-electron chi connectivity index (χ1n) is 7.23. The average Bonchev–Trinajstić information content (AvgIpc) is 2.73. The number of methoxy groups -OCH3 is 3. The van der Waals surface area contributed by atoms with Gasteiger partial charge in [-0.2, -0.15) is 0 Å². The summed E-state index contributed by atoms with van der Waals surface area (Å²) in [6.45, 7) is 1.38. The molecule has 1 saturated heterocycles. The molecule has 1 aliphatic heterocycles. The van der Waals surface area contributed by atoms with Gasteiger partial charge in [0.25, 0.3) is 0 Å². The summed E-state index contributed by atoms with van der Waals surface area (Å²) >= 11 is 0. The SMILES string of the molecule is [2H]COC[C@H]1O[C@H](COC(C)=O)[C@@H](OC[2H])[C@@H]1OC[2H]. The molecule has 0 bridgehead atoms. The number of rotatable bonds is 6. The molecule has 0 aromatic heterocycles. The van der Waals surface area contributed by atoms with Crippen LogP contribution in [0.5, 0.6) is 0 Å². The molecule has 17 heavy (non-hydrogen) atoms. The van der Waals surface area contributed by atoms with E-state index in [0.29, 0.717) is 0 Å². The van der Waals surface area contributed by atoms with E-state index in [9.17, 15) is 4.79 Å². The minimum Gasteiger partial charge on any atom is -0.463 e. The standard InChI is InChI=1S/C11H20O6/c1-7(12)16-6-9-11(15-4)10(14-3)8(17-9)5-13-2/h8-11H,5-6H2,1-4H3/t8-,9-,10-,11-/m1/s1/i2D,3D,4D. The van der Waals surface area contributed by atoms with Crippen LogP contribution < -0.4 is 0 Å². The van der Waals surface area contributed by atoms with Crippen molar-refractivity contribution >= 4 is 5.97 Å². The second-order valence-electron chi connectivity index (χ2n) is 3.65. The minimum absolute atomic E-state index is 0.0186. The Morgan fingerprint density at radius 3 is 2.35 bits per heavy atom. The lowest BCUT2D eigenvalue weighted by Crippen LogP contribution is -2.38. The summed E-state index contributed by atoms with van der Waals surface area (Å²) < 4.78 is 47.3. The normalized spacial score (nSPS) is 35.0. The third-order valence-corrected chi connectivity index (χ3v) is 2.52. The van der Waals surface area contributed by atoms with Crippen molar-refractivity contribution in [3.63, 3.8) is 0 Å². The Morgan fingerprint density at radius 1 is 1.18 bits per heavy atom. The van der Waals surface area contributed by atoms with Crippen LogP contribution in [0.15, 0.2) is 0 Å². The summed E-state index contributed by atoms with van der Waals surface area (Å²) in [5.74, 6) is -0.443. The number of hydrogen-bond acceptors (Lipinski definition) is 6. The molecular weight excluding hydrogens is 228 g/mol. The molecule has 1 fully saturated rings. The van der Waals surface area contributed by atoms with Crippen molar-refractivity contribution in [2.75, 3.05) is 34.5 Å². The van der Waals surface area contributed by atoms with Crippen molar-refractivity contribution in [2.45, 2.75) is 31.3 Å². The zero-order chi connectivity index (χ0) is 15.0. The molecule has 100 valence electrons. The van der Waals surface area contributed by atoms with Crippen molar-refractivity contribution in [1.82, 2.24) is 0 Å². The van der Waals surface area contributed by atoms with Crippen molar-refractivity contribution < 1.29 is 32.6 Å². The van der Waals surface area contributed by atoms with E-state index in [1.54, 1.807) is 0 Å². The lowest BCUT2D eigenvalue weighted by atomic mass is 10.1. The second kappa shape index (κ2) is 6.90. The van der Waals surface area contributed by atoms with Crippen LogP contribution in [0.2, 0.25) is 0 Å². The largest absolute Gasteiger partial charge is 0.463 e. The zero-order valence-corrected chi connectivity index (χ0v) is 9.79. The van der Waals surface area contributed by atoms with Gasteiger partial charge in [0.2, 0.25) is 0 Å². The van der Waals surface area contributed by atoms with Crippen LogP contribution in [-0.2, 0) is 28.5 Å². The lowest BCUT2D eigenvalue weighted by molar-refractivity contribution is -0.147. The zero-order valence-electron chi connectivity index (χ0n) is 12.8. The van der Waals surface area contributed by atoms with Crippen LogP contribution in [0.3, 0.4) is 0 Å². The number of ether oxygens (including phenoxy) is 5. The Labute approximate surface area is 105 Å². The van der Waals surface area contributed by atoms with Crippen LogP contribution in [-0.4, -0.2) is 64.9 Å². The molecule has 6 heteroatoms. The molecule has 0 aromatic rings. The predicted molar refractivity (Wildman–Crippen MR) is 58.8 cm³/mol. The van der Waals surface area contributed by atoms with Gasteiger partial charge in [-0.3, -0.25) is 4.79 Å². The van der Waals surface area contributed by atoms with Crippen LogP contribution in [0, 0.1) is 0 Å². The van der Waals surface area contributed by atoms with Crippen molar-refractivity contribution in [3.05, 3.63) is 0 Å². The number of carbonyl (C=O) groups excluding carboxylic acids is 1. The number of carbonyl (C=O) groups is 1. The monoisotopic (exact) mass is 251 g/mol. The summed E-state index contributed by atoms with van der Waals surface area (Å²) in [6, 6.07) is 0. The highest BCUT2D eigenvalue weighted by Gasteiger charge is 2.45. The van der Waals surface area contributed by atoms with E-state index in [1.807, 2.05) is 0 Å². The molecule has 0 unspecified atom stereocenters. The van der Waals surface area contributed by atoms with Crippen LogP contribution in [0.4, 0.5) is 0 Å². The second-order valence-corrected chi connectivity index (χ2v) is 3.65. The summed E-state index contributed by atoms with van der Waals surface area (Å²) in [4.78, 5) is 10.9. The van der Waals surface area contributed by atoms with Gasteiger partial charge in [-0.1, -0.05) is 0 Å². The summed E-state index contributed by atoms with van der Waals surface area (Å²) in [5.41, 5.74) is 0. The number of esters is 1. The van der Waals surface area contributed by atoms with E-state index in [2.05, 4.69) is 0 Å². The molecule has 1 aliphatic rings. The summed E-state index contributed by atoms with van der Waals surface area (Å²) in [6.07, 6.45) is -2.32. The fourth-order valence-corrected chi connectivity index (χ4v) is 1.79. The molecule has 0 radical (unpaired) electrons. The lowest BCUT2D eigenvalue weighted by Gasteiger charge is -2.21. The maximum absolute atomic E-state index is 10.9. The minimum atomic E-state index is -0.614. The topological polar surface area (TPSA) is 63.2 Å². The Balaban J connectivity index is 2.69. The molecule has 6 nitrogen and oxygen atoms in total. The van der Waals surface area contributed by atoms with Gasteiger partial charge in [0.1, 0.15) is 31.0 Å². The first-order valence-corrected chi connectivity index (χ1v) is 5.11. The van der Waals surface area contributed by atoms with E-state index >= 15 is 0 Å². The fourth-order valence-electron chi connectivity index (χ4n) is 1.79. The smallest absolute Gasteiger partial charge is 0.302 e. The predicted octanol–water partition coefficient (Wildman–Crippen LogP) is -0.00670. The Kier molecular flexibility index (Phi) is 4.16. The van der Waals surface area contributed by atoms with Gasteiger partial charge < -0.3 is 23.7 Å². The highest BCUT2D eigenvalue weighted by atomic mass is 16.6. The summed E-state index contributed by atoms with van der Waals surface area (Å²) in [7, 11) is -0.802. The molecule has 0 spiro atoms. The van der Waals surface area contributed by atoms with Crippen LogP contribution in [0.25, 0.3) is 0 Å².